The number of nitrogens with one attached hydrogen (secondary N) is 1. The van der Waals surface area contributed by atoms with Crippen molar-refractivity contribution >= 4 is 38.4 Å². The van der Waals surface area contributed by atoms with Crippen LogP contribution < -0.4 is 14.8 Å². The number of nitrogens with zero attached hydrogens (tertiary/aromatic N) is 2. The maximum Gasteiger partial charge on any atom is 0.276 e. The molecule has 0 aliphatic rings. The van der Waals surface area contributed by atoms with E-state index in [0.717, 1.165) is 15.6 Å². The van der Waals surface area contributed by atoms with Crippen LogP contribution in [0.4, 0.5) is 5.69 Å². The van der Waals surface area contributed by atoms with Gasteiger partial charge in [-0.05, 0) is 37.6 Å². The Bertz CT molecular complexity index is 1130. The van der Waals surface area contributed by atoms with Crippen molar-refractivity contribution in [1.29, 1.82) is 0 Å². The number of halogens is 1. The summed E-state index contributed by atoms with van der Waals surface area (Å²) in [6, 6.07) is 10.2. The number of hydrogen-bond donors (Lipinski definition) is 1. The van der Waals surface area contributed by atoms with Gasteiger partial charge in [0.2, 0.25) is 0 Å². The van der Waals surface area contributed by atoms with Crippen molar-refractivity contribution in [3.8, 4) is 11.5 Å². The molecule has 0 unspecified atom stereocenters. The highest BCUT2D eigenvalue weighted by Crippen LogP contribution is 2.34. The van der Waals surface area contributed by atoms with Gasteiger partial charge in [-0.2, -0.15) is 0 Å². The van der Waals surface area contributed by atoms with E-state index in [0.29, 0.717) is 22.4 Å². The highest BCUT2D eigenvalue weighted by atomic mass is 79.9. The third-order valence-corrected chi connectivity index (χ3v) is 5.10. The Morgan fingerprint density at radius 3 is 2.53 bits per heavy atom. The number of methoxy groups -OCH3 is 2. The number of aromatic nitrogens is 1. The highest BCUT2D eigenvalue weighted by molar-refractivity contribution is 9.10. The molecule has 2 aromatic carbocycles. The van der Waals surface area contributed by atoms with E-state index in [4.69, 9.17) is 9.47 Å². The van der Waals surface area contributed by atoms with Gasteiger partial charge >= 0.3 is 0 Å². The standard InChI is InChI=1S/C21H20BrN3O5/c1-12-8-16(15-5-4-14(22)10-17(15)24-12)21(26)23-7-6-13-9-19(29-2)20(30-3)11-18(13)25(27)28/h4-5,8-11H,6-7H2,1-3H3,(H,23,26). The molecule has 0 aliphatic heterocycles. The number of aryl methyl sites for hydroxylation is 1. The maximum atomic E-state index is 12.8. The number of carbonyl (C=O) groups is 1. The number of fused-ring (bicyclic) bond motifs is 1. The predicted octanol–water partition coefficient (Wildman–Crippen LogP) is 4.20. The van der Waals surface area contributed by atoms with Crippen molar-refractivity contribution in [2.75, 3.05) is 20.8 Å². The first-order valence-electron chi connectivity index (χ1n) is 9.08. The minimum atomic E-state index is -0.475. The van der Waals surface area contributed by atoms with Gasteiger partial charge in [-0.3, -0.25) is 19.9 Å². The Hall–Kier alpha value is -3.20. The number of benzene rings is 2. The van der Waals surface area contributed by atoms with Crippen LogP contribution in [0, 0.1) is 17.0 Å². The first-order valence-corrected chi connectivity index (χ1v) is 9.87. The number of nitro benzene ring substituents is 1. The van der Waals surface area contributed by atoms with Gasteiger partial charge < -0.3 is 14.8 Å². The lowest BCUT2D eigenvalue weighted by Gasteiger charge is -2.12. The normalized spacial score (nSPS) is 10.7. The third kappa shape index (κ3) is 4.51. The molecule has 0 atom stereocenters. The fourth-order valence-electron chi connectivity index (χ4n) is 3.21. The molecular weight excluding hydrogens is 454 g/mol. The number of amides is 1. The number of pyridine rings is 1. The molecular formula is C21H20BrN3O5. The second-order valence-electron chi connectivity index (χ2n) is 6.57. The van der Waals surface area contributed by atoms with Gasteiger partial charge in [-0.25, -0.2) is 0 Å². The summed E-state index contributed by atoms with van der Waals surface area (Å²) in [7, 11) is 2.88. The Labute approximate surface area is 181 Å². The molecule has 8 nitrogen and oxygen atoms in total. The molecule has 0 aliphatic carbocycles. The van der Waals surface area contributed by atoms with Crippen LogP contribution in [0.1, 0.15) is 21.6 Å². The molecule has 0 saturated heterocycles. The molecule has 0 bridgehead atoms. The van der Waals surface area contributed by atoms with E-state index in [2.05, 4.69) is 26.2 Å². The van der Waals surface area contributed by atoms with Gasteiger partial charge in [-0.15, -0.1) is 0 Å². The SMILES string of the molecule is COc1cc(CCNC(=O)c2cc(C)nc3cc(Br)ccc23)c([N+](=O)[O-])cc1OC. The monoisotopic (exact) mass is 473 g/mol. The molecule has 1 N–H and O–H groups in total. The molecule has 0 saturated carbocycles. The molecule has 3 aromatic rings. The quantitative estimate of drug-likeness (QED) is 0.407. The van der Waals surface area contributed by atoms with Crippen LogP contribution >= 0.6 is 15.9 Å². The van der Waals surface area contributed by atoms with Crippen molar-refractivity contribution in [2.45, 2.75) is 13.3 Å². The summed E-state index contributed by atoms with van der Waals surface area (Å²) in [6.07, 6.45) is 0.260. The highest BCUT2D eigenvalue weighted by Gasteiger charge is 2.20. The van der Waals surface area contributed by atoms with E-state index in [1.165, 1.54) is 20.3 Å². The molecule has 1 amide bonds. The smallest absolute Gasteiger partial charge is 0.276 e. The van der Waals surface area contributed by atoms with E-state index >= 15 is 0 Å². The van der Waals surface area contributed by atoms with Crippen LogP contribution in [-0.4, -0.2) is 36.6 Å². The fourth-order valence-corrected chi connectivity index (χ4v) is 3.56. The zero-order valence-electron chi connectivity index (χ0n) is 16.7. The maximum absolute atomic E-state index is 12.8. The number of nitro groups is 1. The number of hydrogen-bond acceptors (Lipinski definition) is 6. The summed E-state index contributed by atoms with van der Waals surface area (Å²) in [6.45, 7) is 2.04. The number of carbonyl (C=O) groups excluding carboxylic acids is 1. The Morgan fingerprint density at radius 1 is 1.17 bits per heavy atom. The molecule has 0 fully saturated rings. The largest absolute Gasteiger partial charge is 0.493 e. The summed E-state index contributed by atoms with van der Waals surface area (Å²) in [5.41, 5.74) is 2.30. The van der Waals surface area contributed by atoms with Gasteiger partial charge in [0.25, 0.3) is 11.6 Å². The fraction of sp³-hybridized carbons (Fsp3) is 0.238. The van der Waals surface area contributed by atoms with Crippen LogP contribution in [0.3, 0.4) is 0 Å². The summed E-state index contributed by atoms with van der Waals surface area (Å²) < 4.78 is 11.2. The molecule has 30 heavy (non-hydrogen) atoms. The first-order chi connectivity index (χ1) is 14.3. The van der Waals surface area contributed by atoms with Crippen LogP contribution in [0.15, 0.2) is 40.9 Å². The molecule has 1 aromatic heterocycles. The van der Waals surface area contributed by atoms with E-state index in [9.17, 15) is 14.9 Å². The minimum absolute atomic E-state index is 0.0862. The van der Waals surface area contributed by atoms with Crippen molar-refractivity contribution in [3.05, 3.63) is 67.8 Å². The summed E-state index contributed by atoms with van der Waals surface area (Å²) in [5.74, 6) is 0.406. The molecule has 0 spiro atoms. The third-order valence-electron chi connectivity index (χ3n) is 4.61. The second-order valence-corrected chi connectivity index (χ2v) is 7.49. The number of ether oxygens (including phenoxy) is 2. The lowest BCUT2D eigenvalue weighted by Crippen LogP contribution is -2.26. The number of rotatable bonds is 7. The van der Waals surface area contributed by atoms with E-state index in [-0.39, 0.29) is 30.3 Å². The Morgan fingerprint density at radius 2 is 1.87 bits per heavy atom. The van der Waals surface area contributed by atoms with Crippen LogP contribution in [-0.2, 0) is 6.42 Å². The summed E-state index contributed by atoms with van der Waals surface area (Å²) in [4.78, 5) is 28.2. The van der Waals surface area contributed by atoms with Gasteiger partial charge in [0, 0.05) is 27.7 Å². The topological polar surface area (TPSA) is 104 Å². The van der Waals surface area contributed by atoms with Gasteiger partial charge in [-0.1, -0.05) is 22.0 Å². The van der Waals surface area contributed by atoms with E-state index in [1.807, 2.05) is 25.1 Å². The van der Waals surface area contributed by atoms with Crippen LogP contribution in [0.5, 0.6) is 11.5 Å². The molecule has 156 valence electrons. The zero-order valence-corrected chi connectivity index (χ0v) is 18.3. The molecule has 9 heteroatoms. The van der Waals surface area contributed by atoms with E-state index in [1.54, 1.807) is 12.1 Å². The van der Waals surface area contributed by atoms with Gasteiger partial charge in [0.15, 0.2) is 11.5 Å². The van der Waals surface area contributed by atoms with Crippen molar-refractivity contribution < 1.29 is 19.2 Å². The Balaban J connectivity index is 1.81. The van der Waals surface area contributed by atoms with E-state index < -0.39 is 4.92 Å². The minimum Gasteiger partial charge on any atom is -0.493 e. The lowest BCUT2D eigenvalue weighted by molar-refractivity contribution is -0.385. The Kier molecular flexibility index (Phi) is 6.51. The van der Waals surface area contributed by atoms with Crippen molar-refractivity contribution in [1.82, 2.24) is 10.3 Å². The molecule has 0 radical (unpaired) electrons. The van der Waals surface area contributed by atoms with Crippen molar-refractivity contribution in [3.63, 3.8) is 0 Å². The second kappa shape index (κ2) is 9.08. The molecule has 3 rings (SSSR count). The van der Waals surface area contributed by atoms with Gasteiger partial charge in [0.1, 0.15) is 0 Å². The lowest BCUT2D eigenvalue weighted by atomic mass is 10.1. The summed E-state index contributed by atoms with van der Waals surface area (Å²) in [5, 5.41) is 15.0. The average Bonchev–Trinajstić information content (AvgIpc) is 2.71. The van der Waals surface area contributed by atoms with Crippen LogP contribution in [0.2, 0.25) is 0 Å². The molecule has 1 heterocycles. The zero-order chi connectivity index (χ0) is 21.8. The predicted molar refractivity (Wildman–Crippen MR) is 116 cm³/mol. The average molecular weight is 474 g/mol. The first kappa shape index (κ1) is 21.5. The van der Waals surface area contributed by atoms with Gasteiger partial charge in [0.05, 0.1) is 36.3 Å². The summed E-state index contributed by atoms with van der Waals surface area (Å²) >= 11 is 3.41. The van der Waals surface area contributed by atoms with Crippen LogP contribution in [0.25, 0.3) is 10.9 Å². The van der Waals surface area contributed by atoms with Crippen molar-refractivity contribution in [2.24, 2.45) is 0 Å².